The van der Waals surface area contributed by atoms with E-state index in [9.17, 15) is 4.39 Å². The van der Waals surface area contributed by atoms with E-state index in [1.807, 2.05) is 19.1 Å². The van der Waals surface area contributed by atoms with E-state index in [1.165, 1.54) is 17.3 Å². The van der Waals surface area contributed by atoms with Crippen LogP contribution >= 0.6 is 0 Å². The van der Waals surface area contributed by atoms with Crippen LogP contribution in [0.2, 0.25) is 0 Å². The fraction of sp³-hybridized carbons (Fsp3) is 0.238. The van der Waals surface area contributed by atoms with E-state index in [1.54, 1.807) is 12.1 Å². The smallest absolute Gasteiger partial charge is 0.139 e. The Labute approximate surface area is 152 Å². The maximum absolute atomic E-state index is 13.8. The fourth-order valence-electron chi connectivity index (χ4n) is 3.51. The van der Waals surface area contributed by atoms with Gasteiger partial charge in [0.1, 0.15) is 23.3 Å². The van der Waals surface area contributed by atoms with E-state index in [0.717, 1.165) is 12.2 Å². The molecule has 132 valence electrons. The lowest BCUT2D eigenvalue weighted by molar-refractivity contribution is 0.613. The van der Waals surface area contributed by atoms with Crippen LogP contribution in [0.4, 0.5) is 21.7 Å². The topological polar surface area (TPSA) is 41.1 Å². The summed E-state index contributed by atoms with van der Waals surface area (Å²) >= 11 is 0. The molecule has 1 atom stereocenters. The lowest BCUT2D eigenvalue weighted by Crippen LogP contribution is -2.25. The highest BCUT2D eigenvalue weighted by atomic mass is 19.1. The van der Waals surface area contributed by atoms with Gasteiger partial charge in [0.2, 0.25) is 0 Å². The molecule has 26 heavy (non-hydrogen) atoms. The predicted molar refractivity (Wildman–Crippen MR) is 102 cm³/mol. The van der Waals surface area contributed by atoms with Crippen LogP contribution in [0.15, 0.2) is 54.6 Å². The van der Waals surface area contributed by atoms with Gasteiger partial charge in [0.05, 0.1) is 0 Å². The lowest BCUT2D eigenvalue weighted by Gasteiger charge is -2.24. The third kappa shape index (κ3) is 3.12. The van der Waals surface area contributed by atoms with Crippen molar-refractivity contribution in [3.63, 3.8) is 0 Å². The first-order chi connectivity index (χ1) is 12.6. The van der Waals surface area contributed by atoms with E-state index >= 15 is 0 Å². The van der Waals surface area contributed by atoms with Crippen LogP contribution in [0.5, 0.6) is 0 Å². The zero-order valence-electron chi connectivity index (χ0n) is 14.9. The van der Waals surface area contributed by atoms with Gasteiger partial charge in [-0.3, -0.25) is 0 Å². The maximum atomic E-state index is 13.8. The molecule has 1 aliphatic heterocycles. The average molecular weight is 348 g/mol. The monoisotopic (exact) mass is 348 g/mol. The summed E-state index contributed by atoms with van der Waals surface area (Å²) in [6.45, 7) is 4.46. The van der Waals surface area contributed by atoms with E-state index in [4.69, 9.17) is 0 Å². The minimum Gasteiger partial charge on any atom is -0.366 e. The van der Waals surface area contributed by atoms with Gasteiger partial charge in [-0.2, -0.15) is 0 Å². The molecule has 1 aromatic heterocycles. The van der Waals surface area contributed by atoms with Crippen molar-refractivity contribution in [3.8, 4) is 0 Å². The van der Waals surface area contributed by atoms with Crippen molar-refractivity contribution in [2.75, 3.05) is 10.2 Å². The molecule has 1 N–H and O–H groups in total. The van der Waals surface area contributed by atoms with Crippen molar-refractivity contribution in [2.45, 2.75) is 32.9 Å². The number of fused-ring (bicyclic) bond motifs is 1. The molecule has 0 spiro atoms. The highest BCUT2D eigenvalue weighted by molar-refractivity contribution is 5.70. The van der Waals surface area contributed by atoms with Crippen molar-refractivity contribution < 1.29 is 4.39 Å². The molecule has 0 radical (unpaired) electrons. The van der Waals surface area contributed by atoms with Gasteiger partial charge in [0.25, 0.3) is 0 Å². The number of aryl methyl sites for hydroxylation is 1. The summed E-state index contributed by atoms with van der Waals surface area (Å²) in [6.07, 6.45) is 0.997. The molecule has 0 amide bonds. The molecular formula is C21H21FN4. The Kier molecular flexibility index (Phi) is 4.29. The van der Waals surface area contributed by atoms with Gasteiger partial charge in [0, 0.05) is 29.9 Å². The Morgan fingerprint density at radius 2 is 1.88 bits per heavy atom. The number of nitrogens with one attached hydrogen (secondary N) is 1. The molecule has 3 aromatic rings. The first-order valence-electron chi connectivity index (χ1n) is 8.82. The molecular weight excluding hydrogens is 327 g/mol. The van der Waals surface area contributed by atoms with Crippen molar-refractivity contribution in [1.82, 2.24) is 9.97 Å². The Balaban J connectivity index is 1.62. The van der Waals surface area contributed by atoms with Crippen molar-refractivity contribution in [2.24, 2.45) is 0 Å². The van der Waals surface area contributed by atoms with Gasteiger partial charge in [0.15, 0.2) is 0 Å². The number of benzene rings is 2. The van der Waals surface area contributed by atoms with E-state index < -0.39 is 0 Å². The molecule has 2 aromatic carbocycles. The largest absolute Gasteiger partial charge is 0.366 e. The summed E-state index contributed by atoms with van der Waals surface area (Å²) in [7, 11) is 0. The van der Waals surface area contributed by atoms with Gasteiger partial charge < -0.3 is 10.2 Å². The number of nitrogens with zero attached hydrogens (tertiary/aromatic N) is 3. The van der Waals surface area contributed by atoms with E-state index in [-0.39, 0.29) is 5.82 Å². The number of aromatic nitrogens is 2. The van der Waals surface area contributed by atoms with Crippen LogP contribution in [0.25, 0.3) is 0 Å². The highest BCUT2D eigenvalue weighted by Crippen LogP contribution is 2.37. The third-order valence-corrected chi connectivity index (χ3v) is 4.70. The third-order valence-electron chi connectivity index (χ3n) is 4.70. The molecule has 0 aliphatic carbocycles. The molecule has 0 saturated carbocycles. The first-order valence-corrected chi connectivity index (χ1v) is 8.82. The lowest BCUT2D eigenvalue weighted by atomic mass is 10.1. The van der Waals surface area contributed by atoms with Crippen LogP contribution in [-0.4, -0.2) is 16.0 Å². The first kappa shape index (κ1) is 16.5. The average Bonchev–Trinajstić information content (AvgIpc) is 2.96. The molecule has 5 heteroatoms. The van der Waals surface area contributed by atoms with Gasteiger partial charge in [-0.1, -0.05) is 36.4 Å². The summed E-state index contributed by atoms with van der Waals surface area (Å²) in [6, 6.07) is 17.5. The number of hydrogen-bond acceptors (Lipinski definition) is 4. The quantitative estimate of drug-likeness (QED) is 0.747. The molecule has 0 fully saturated rings. The van der Waals surface area contributed by atoms with Crippen LogP contribution in [-0.2, 0) is 13.0 Å². The van der Waals surface area contributed by atoms with Crippen molar-refractivity contribution >= 4 is 17.3 Å². The second kappa shape index (κ2) is 6.75. The fourth-order valence-corrected chi connectivity index (χ4v) is 3.51. The van der Waals surface area contributed by atoms with Crippen LogP contribution in [0, 0.1) is 12.7 Å². The second-order valence-corrected chi connectivity index (χ2v) is 6.66. The zero-order chi connectivity index (χ0) is 18.1. The summed E-state index contributed by atoms with van der Waals surface area (Å²) < 4.78 is 13.8. The molecule has 0 bridgehead atoms. The molecule has 2 heterocycles. The van der Waals surface area contributed by atoms with Crippen molar-refractivity contribution in [3.05, 3.63) is 77.4 Å². The van der Waals surface area contributed by atoms with Gasteiger partial charge >= 0.3 is 0 Å². The molecule has 4 rings (SSSR count). The normalized spacial score (nSPS) is 15.8. The van der Waals surface area contributed by atoms with Crippen LogP contribution in [0.1, 0.15) is 23.9 Å². The summed E-state index contributed by atoms with van der Waals surface area (Å²) in [5.74, 6) is 2.04. The van der Waals surface area contributed by atoms with Gasteiger partial charge in [-0.25, -0.2) is 14.4 Å². The van der Waals surface area contributed by atoms with Crippen molar-refractivity contribution in [1.29, 1.82) is 0 Å². The summed E-state index contributed by atoms with van der Waals surface area (Å²) in [5.41, 5.74) is 3.14. The van der Waals surface area contributed by atoms with E-state index in [2.05, 4.69) is 51.4 Å². The Bertz CT molecular complexity index is 941. The minimum atomic E-state index is -0.215. The minimum absolute atomic E-state index is 0.215. The highest BCUT2D eigenvalue weighted by Gasteiger charge is 2.28. The summed E-state index contributed by atoms with van der Waals surface area (Å²) in [4.78, 5) is 11.3. The number of rotatable bonds is 4. The van der Waals surface area contributed by atoms with E-state index in [0.29, 0.717) is 29.8 Å². The molecule has 4 nitrogen and oxygen atoms in total. The van der Waals surface area contributed by atoms with Gasteiger partial charge in [-0.05, 0) is 38.0 Å². The number of para-hydroxylation sites is 1. The Morgan fingerprint density at radius 3 is 2.73 bits per heavy atom. The number of hydrogen-bond donors (Lipinski definition) is 1. The second-order valence-electron chi connectivity index (χ2n) is 6.66. The molecule has 1 aliphatic rings. The Morgan fingerprint density at radius 1 is 1.12 bits per heavy atom. The molecule has 0 saturated heterocycles. The molecule has 1 unspecified atom stereocenters. The van der Waals surface area contributed by atoms with Crippen LogP contribution < -0.4 is 10.2 Å². The maximum Gasteiger partial charge on any atom is 0.139 e. The Hall–Kier alpha value is -2.95. The standard InChI is InChI=1S/C21H21FN4/c1-14-11-16-7-4-6-10-19(16)26(14)21-12-20(24-15(2)25-21)23-13-17-8-3-5-9-18(17)22/h3-10,12,14H,11,13H2,1-2H3,(H,23,24,25). The zero-order valence-corrected chi connectivity index (χ0v) is 14.9. The number of halogens is 1. The van der Waals surface area contributed by atoms with Gasteiger partial charge in [-0.15, -0.1) is 0 Å². The SMILES string of the molecule is Cc1nc(NCc2ccccc2F)cc(N2c3ccccc3CC2C)n1. The predicted octanol–water partition coefficient (Wildman–Crippen LogP) is 4.62. The summed E-state index contributed by atoms with van der Waals surface area (Å²) in [5, 5.41) is 3.23. The number of anilines is 3. The van der Waals surface area contributed by atoms with Crippen LogP contribution in [0.3, 0.4) is 0 Å².